The second-order valence-corrected chi connectivity index (χ2v) is 5.64. The molecule has 1 atom stereocenters. The first-order chi connectivity index (χ1) is 9.76. The summed E-state index contributed by atoms with van der Waals surface area (Å²) in [6, 6.07) is 3.47. The molecule has 0 radical (unpaired) electrons. The Kier molecular flexibility index (Phi) is 3.85. The van der Waals surface area contributed by atoms with Gasteiger partial charge in [-0.25, -0.2) is 8.91 Å². The van der Waals surface area contributed by atoms with E-state index in [1.807, 2.05) is 0 Å². The summed E-state index contributed by atoms with van der Waals surface area (Å²) in [5.41, 5.74) is 0.674. The molecule has 0 amide bonds. The van der Waals surface area contributed by atoms with Gasteiger partial charge in [0.15, 0.2) is 5.65 Å². The van der Waals surface area contributed by atoms with Crippen LogP contribution in [0.3, 0.4) is 0 Å². The number of halogens is 1. The van der Waals surface area contributed by atoms with Crippen LogP contribution >= 0.6 is 0 Å². The number of hydrogen-bond acceptors (Lipinski definition) is 3. The average molecular weight is 276 g/mol. The monoisotopic (exact) mass is 276 g/mol. The number of rotatable bonds is 4. The summed E-state index contributed by atoms with van der Waals surface area (Å²) in [6.07, 6.45) is 9.00. The van der Waals surface area contributed by atoms with E-state index in [0.717, 1.165) is 6.42 Å². The maximum atomic E-state index is 13.2. The van der Waals surface area contributed by atoms with Crippen LogP contribution in [0.4, 0.5) is 10.3 Å². The van der Waals surface area contributed by atoms with E-state index < -0.39 is 0 Å². The lowest BCUT2D eigenvalue weighted by molar-refractivity contribution is 0.312. The fraction of sp³-hybridized carbons (Fsp3) is 0.600. The van der Waals surface area contributed by atoms with Crippen LogP contribution in [-0.4, -0.2) is 20.6 Å². The van der Waals surface area contributed by atoms with Crippen LogP contribution in [0.5, 0.6) is 0 Å². The van der Waals surface area contributed by atoms with Crippen molar-refractivity contribution >= 4 is 11.6 Å². The van der Waals surface area contributed by atoms with Gasteiger partial charge in [-0.05, 0) is 37.3 Å². The molecular formula is C15H21FN4. The highest BCUT2D eigenvalue weighted by molar-refractivity contribution is 5.43. The van der Waals surface area contributed by atoms with E-state index in [2.05, 4.69) is 22.3 Å². The van der Waals surface area contributed by atoms with Crippen molar-refractivity contribution in [1.82, 2.24) is 14.6 Å². The second-order valence-electron chi connectivity index (χ2n) is 5.64. The molecule has 1 saturated carbocycles. The number of anilines is 1. The highest BCUT2D eigenvalue weighted by Crippen LogP contribution is 2.29. The number of aromatic nitrogens is 3. The zero-order chi connectivity index (χ0) is 13.9. The molecule has 0 aromatic carbocycles. The van der Waals surface area contributed by atoms with E-state index in [1.165, 1.54) is 48.9 Å². The lowest BCUT2D eigenvalue weighted by atomic mass is 9.83. The first kappa shape index (κ1) is 13.3. The van der Waals surface area contributed by atoms with Crippen LogP contribution in [0.1, 0.15) is 45.4 Å². The predicted octanol–water partition coefficient (Wildman–Crippen LogP) is 3.64. The Hall–Kier alpha value is -1.65. The van der Waals surface area contributed by atoms with E-state index in [1.54, 1.807) is 6.07 Å². The van der Waals surface area contributed by atoms with E-state index in [9.17, 15) is 4.39 Å². The van der Waals surface area contributed by atoms with Crippen molar-refractivity contribution in [3.63, 3.8) is 0 Å². The van der Waals surface area contributed by atoms with Gasteiger partial charge in [0.1, 0.15) is 5.82 Å². The normalized spacial score (nSPS) is 18.3. The van der Waals surface area contributed by atoms with E-state index in [0.29, 0.717) is 23.6 Å². The van der Waals surface area contributed by atoms with Crippen molar-refractivity contribution < 1.29 is 4.39 Å². The molecule has 2 aromatic heterocycles. The van der Waals surface area contributed by atoms with Crippen LogP contribution < -0.4 is 5.32 Å². The quantitative estimate of drug-likeness (QED) is 0.927. The summed E-state index contributed by atoms with van der Waals surface area (Å²) < 4.78 is 14.6. The van der Waals surface area contributed by atoms with Gasteiger partial charge in [-0.15, -0.1) is 5.10 Å². The van der Waals surface area contributed by atoms with Crippen molar-refractivity contribution in [3.8, 4) is 0 Å². The number of nitrogens with one attached hydrogen (secondary N) is 1. The molecule has 0 saturated heterocycles. The molecule has 4 nitrogen and oxygen atoms in total. The Morgan fingerprint density at radius 3 is 2.90 bits per heavy atom. The predicted molar refractivity (Wildman–Crippen MR) is 77.2 cm³/mol. The number of pyridine rings is 1. The molecule has 0 spiro atoms. The van der Waals surface area contributed by atoms with Crippen molar-refractivity contribution in [1.29, 1.82) is 0 Å². The van der Waals surface area contributed by atoms with E-state index in [-0.39, 0.29) is 5.82 Å². The standard InChI is InChI=1S/C15H21FN4/c1-2-13(11-6-4-3-5-7-11)17-15-18-14-9-8-12(16)10-20(14)19-15/h8-11,13H,2-7H2,1H3,(H,17,19). The molecular weight excluding hydrogens is 255 g/mol. The minimum absolute atomic E-state index is 0.298. The van der Waals surface area contributed by atoms with Gasteiger partial charge < -0.3 is 5.32 Å². The van der Waals surface area contributed by atoms with Gasteiger partial charge in [0.25, 0.3) is 0 Å². The van der Waals surface area contributed by atoms with Crippen LogP contribution in [0.15, 0.2) is 18.3 Å². The maximum Gasteiger partial charge on any atom is 0.243 e. The molecule has 3 rings (SSSR count). The molecule has 1 fully saturated rings. The third-order valence-corrected chi connectivity index (χ3v) is 4.27. The largest absolute Gasteiger partial charge is 0.350 e. The third-order valence-electron chi connectivity index (χ3n) is 4.27. The van der Waals surface area contributed by atoms with Gasteiger partial charge in [-0.1, -0.05) is 26.2 Å². The Bertz CT molecular complexity index is 574. The first-order valence-corrected chi connectivity index (χ1v) is 7.54. The summed E-state index contributed by atoms with van der Waals surface area (Å²) in [5, 5.41) is 7.75. The first-order valence-electron chi connectivity index (χ1n) is 7.54. The minimum atomic E-state index is -0.298. The molecule has 2 aromatic rings. The summed E-state index contributed by atoms with van der Waals surface area (Å²) in [6.45, 7) is 2.20. The van der Waals surface area contributed by atoms with Crippen LogP contribution in [0, 0.1) is 11.7 Å². The Labute approximate surface area is 118 Å². The highest BCUT2D eigenvalue weighted by Gasteiger charge is 2.23. The van der Waals surface area contributed by atoms with Crippen molar-refractivity contribution in [2.75, 3.05) is 5.32 Å². The zero-order valence-corrected chi connectivity index (χ0v) is 11.8. The SMILES string of the molecule is CCC(Nc1nc2ccc(F)cn2n1)C1CCCCC1. The van der Waals surface area contributed by atoms with E-state index >= 15 is 0 Å². The second kappa shape index (κ2) is 5.77. The molecule has 20 heavy (non-hydrogen) atoms. The van der Waals surface area contributed by atoms with Gasteiger partial charge in [-0.2, -0.15) is 4.98 Å². The zero-order valence-electron chi connectivity index (χ0n) is 11.8. The number of fused-ring (bicyclic) bond motifs is 1. The van der Waals surface area contributed by atoms with Crippen LogP contribution in [0.2, 0.25) is 0 Å². The summed E-state index contributed by atoms with van der Waals surface area (Å²) >= 11 is 0. The van der Waals surface area contributed by atoms with Crippen molar-refractivity contribution in [3.05, 3.63) is 24.1 Å². The average Bonchev–Trinajstić information content (AvgIpc) is 2.87. The molecule has 1 N–H and O–H groups in total. The fourth-order valence-electron chi connectivity index (χ4n) is 3.17. The topological polar surface area (TPSA) is 42.2 Å². The van der Waals surface area contributed by atoms with Gasteiger partial charge in [0.05, 0.1) is 6.20 Å². The molecule has 5 heteroatoms. The Balaban J connectivity index is 1.76. The summed E-state index contributed by atoms with van der Waals surface area (Å²) in [4.78, 5) is 4.41. The Morgan fingerprint density at radius 1 is 1.35 bits per heavy atom. The molecule has 1 unspecified atom stereocenters. The third kappa shape index (κ3) is 2.76. The van der Waals surface area contributed by atoms with Gasteiger partial charge in [0.2, 0.25) is 5.95 Å². The van der Waals surface area contributed by atoms with Gasteiger partial charge in [-0.3, -0.25) is 0 Å². The molecule has 2 heterocycles. The fourth-order valence-corrected chi connectivity index (χ4v) is 3.17. The van der Waals surface area contributed by atoms with Crippen molar-refractivity contribution in [2.24, 2.45) is 5.92 Å². The summed E-state index contributed by atoms with van der Waals surface area (Å²) in [7, 11) is 0. The minimum Gasteiger partial charge on any atom is -0.350 e. The van der Waals surface area contributed by atoms with Gasteiger partial charge >= 0.3 is 0 Å². The molecule has 108 valence electrons. The van der Waals surface area contributed by atoms with Crippen LogP contribution in [0.25, 0.3) is 5.65 Å². The smallest absolute Gasteiger partial charge is 0.243 e. The van der Waals surface area contributed by atoms with E-state index in [4.69, 9.17) is 0 Å². The molecule has 0 aliphatic heterocycles. The lowest BCUT2D eigenvalue weighted by Gasteiger charge is -2.29. The molecule has 1 aliphatic carbocycles. The summed E-state index contributed by atoms with van der Waals surface area (Å²) in [5.74, 6) is 1.01. The van der Waals surface area contributed by atoms with Gasteiger partial charge in [0, 0.05) is 6.04 Å². The maximum absolute atomic E-state index is 13.2. The Morgan fingerprint density at radius 2 is 2.15 bits per heavy atom. The molecule has 1 aliphatic rings. The lowest BCUT2D eigenvalue weighted by Crippen LogP contribution is -2.30. The van der Waals surface area contributed by atoms with Crippen molar-refractivity contribution in [2.45, 2.75) is 51.5 Å². The number of hydrogen-bond donors (Lipinski definition) is 1. The highest BCUT2D eigenvalue weighted by atomic mass is 19.1. The number of nitrogens with zero attached hydrogens (tertiary/aromatic N) is 3. The van der Waals surface area contributed by atoms with Crippen LogP contribution in [-0.2, 0) is 0 Å². The molecule has 0 bridgehead atoms.